The summed E-state index contributed by atoms with van der Waals surface area (Å²) in [6.07, 6.45) is 0. The molecule has 4 aromatic carbocycles. The second-order valence-electron chi connectivity index (χ2n) is 8.95. The van der Waals surface area contributed by atoms with Crippen LogP contribution in [0, 0.1) is 0 Å². The average Bonchev–Trinajstić information content (AvgIpc) is 3.09. The van der Waals surface area contributed by atoms with Crippen LogP contribution in [0.5, 0.6) is 0 Å². The quantitative estimate of drug-likeness (QED) is 0.254. The van der Waals surface area contributed by atoms with Crippen LogP contribution in [0.2, 0.25) is 0 Å². The van der Waals surface area contributed by atoms with Crippen molar-refractivity contribution in [2.75, 3.05) is 18.6 Å². The highest BCUT2D eigenvalue weighted by Crippen LogP contribution is 2.47. The summed E-state index contributed by atoms with van der Waals surface area (Å²) in [7, 11) is 1.99. The normalized spacial score (nSPS) is 13.9. The Balaban J connectivity index is 1.44. The van der Waals surface area contributed by atoms with Crippen molar-refractivity contribution in [1.29, 1.82) is 0 Å². The Morgan fingerprint density at radius 2 is 1.41 bits per heavy atom. The van der Waals surface area contributed by atoms with Crippen molar-refractivity contribution in [2.45, 2.75) is 22.8 Å². The first-order valence-corrected chi connectivity index (χ1v) is 13.3. The molecule has 39 heavy (non-hydrogen) atoms. The Kier molecular flexibility index (Phi) is 7.65. The number of hydrogen-bond donors (Lipinski definition) is 2. The molecule has 4 aromatic rings. The van der Waals surface area contributed by atoms with Crippen LogP contribution < -0.4 is 15.8 Å². The van der Waals surface area contributed by atoms with Gasteiger partial charge in [0.1, 0.15) is 0 Å². The number of esters is 1. The van der Waals surface area contributed by atoms with Crippen LogP contribution in [0.15, 0.2) is 107 Å². The maximum absolute atomic E-state index is 13.0. The van der Waals surface area contributed by atoms with Gasteiger partial charge in [-0.15, -0.1) is 0 Å². The number of nitrogens with zero attached hydrogens (tertiary/aromatic N) is 1. The van der Waals surface area contributed by atoms with Gasteiger partial charge in [-0.05, 0) is 66.6 Å². The zero-order valence-corrected chi connectivity index (χ0v) is 22.3. The highest BCUT2D eigenvalue weighted by Gasteiger charge is 2.29. The van der Waals surface area contributed by atoms with Crippen LogP contribution in [-0.4, -0.2) is 31.4 Å². The Hall–Kier alpha value is -4.56. The van der Waals surface area contributed by atoms with Gasteiger partial charge >= 0.3 is 5.97 Å². The molecule has 1 aliphatic rings. The molecule has 1 heterocycles. The van der Waals surface area contributed by atoms with Crippen molar-refractivity contribution in [3.8, 4) is 0 Å². The summed E-state index contributed by atoms with van der Waals surface area (Å²) < 4.78 is 5.14. The molecule has 196 valence electrons. The smallest absolute Gasteiger partial charge is 0.338 e. The third-order valence-electron chi connectivity index (χ3n) is 6.49. The standard InChI is InChI=1S/C31H27N3O4S/c1-3-38-31(37)22-15-13-20(14-16-22)28-24-11-7-8-12-26(24)39-27-18-17-23(19-25(27)34(28)2)30(36)33-32-29(35)21-9-5-4-6-10-21/h4-19,28H,3H2,1-2H3,(H,32,35)(H,33,36). The van der Waals surface area contributed by atoms with Gasteiger partial charge in [-0.1, -0.05) is 60.3 Å². The van der Waals surface area contributed by atoms with Gasteiger partial charge in [0.2, 0.25) is 0 Å². The van der Waals surface area contributed by atoms with Gasteiger partial charge in [-0.2, -0.15) is 0 Å². The van der Waals surface area contributed by atoms with Crippen LogP contribution in [0.25, 0.3) is 0 Å². The van der Waals surface area contributed by atoms with Gasteiger partial charge in [0.05, 0.1) is 23.9 Å². The number of hydrazine groups is 1. The summed E-state index contributed by atoms with van der Waals surface area (Å²) in [6, 6.07) is 29.7. The number of nitrogens with one attached hydrogen (secondary N) is 2. The largest absolute Gasteiger partial charge is 0.462 e. The maximum Gasteiger partial charge on any atom is 0.338 e. The van der Waals surface area contributed by atoms with Crippen LogP contribution in [0.4, 0.5) is 5.69 Å². The Morgan fingerprint density at radius 1 is 0.769 bits per heavy atom. The number of benzene rings is 4. The van der Waals surface area contributed by atoms with E-state index < -0.39 is 11.8 Å². The molecule has 7 nitrogen and oxygen atoms in total. The molecular formula is C31H27N3O4S. The van der Waals surface area contributed by atoms with E-state index >= 15 is 0 Å². The van der Waals surface area contributed by atoms with Crippen molar-refractivity contribution >= 4 is 35.2 Å². The highest BCUT2D eigenvalue weighted by molar-refractivity contribution is 7.99. The maximum atomic E-state index is 13.0. The molecule has 8 heteroatoms. The first kappa shape index (κ1) is 26.1. The highest BCUT2D eigenvalue weighted by atomic mass is 32.2. The summed E-state index contributed by atoms with van der Waals surface area (Å²) in [5.41, 5.74) is 9.34. The van der Waals surface area contributed by atoms with Crippen LogP contribution >= 0.6 is 11.8 Å². The summed E-state index contributed by atoms with van der Waals surface area (Å²) in [6.45, 7) is 2.10. The number of carbonyl (C=O) groups excluding carboxylic acids is 3. The molecule has 1 unspecified atom stereocenters. The number of hydrogen-bond acceptors (Lipinski definition) is 6. The number of amides is 2. The van der Waals surface area contributed by atoms with E-state index in [1.54, 1.807) is 61.2 Å². The fourth-order valence-corrected chi connectivity index (χ4v) is 5.68. The van der Waals surface area contributed by atoms with Crippen LogP contribution in [0.3, 0.4) is 0 Å². The van der Waals surface area contributed by atoms with E-state index in [1.165, 1.54) is 0 Å². The lowest BCUT2D eigenvalue weighted by atomic mass is 9.95. The van der Waals surface area contributed by atoms with E-state index in [4.69, 9.17) is 4.74 Å². The molecule has 0 fully saturated rings. The number of rotatable bonds is 5. The first-order chi connectivity index (χ1) is 19.0. The molecule has 2 N–H and O–H groups in total. The van der Waals surface area contributed by atoms with E-state index in [-0.39, 0.29) is 12.0 Å². The first-order valence-electron chi connectivity index (χ1n) is 12.5. The minimum absolute atomic E-state index is 0.165. The molecule has 1 atom stereocenters. The van der Waals surface area contributed by atoms with Gasteiger partial charge in [0, 0.05) is 28.0 Å². The summed E-state index contributed by atoms with van der Waals surface area (Å²) >= 11 is 1.64. The van der Waals surface area contributed by atoms with Gasteiger partial charge in [-0.3, -0.25) is 20.4 Å². The molecule has 0 spiro atoms. The van der Waals surface area contributed by atoms with E-state index in [0.29, 0.717) is 23.3 Å². The van der Waals surface area contributed by atoms with Crippen LogP contribution in [0.1, 0.15) is 55.2 Å². The van der Waals surface area contributed by atoms with E-state index in [9.17, 15) is 14.4 Å². The third-order valence-corrected chi connectivity index (χ3v) is 7.64. The van der Waals surface area contributed by atoms with E-state index in [1.807, 2.05) is 49.5 Å². The monoisotopic (exact) mass is 537 g/mol. The average molecular weight is 538 g/mol. The molecule has 2 amide bonds. The fraction of sp³-hybridized carbons (Fsp3) is 0.129. The lowest BCUT2D eigenvalue weighted by Crippen LogP contribution is -2.41. The molecule has 0 aromatic heterocycles. The molecule has 5 rings (SSSR count). The van der Waals surface area contributed by atoms with Crippen molar-refractivity contribution in [3.63, 3.8) is 0 Å². The summed E-state index contributed by atoms with van der Waals surface area (Å²) in [4.78, 5) is 41.8. The number of fused-ring (bicyclic) bond motifs is 2. The Morgan fingerprint density at radius 3 is 2.13 bits per heavy atom. The Bertz CT molecular complexity index is 1520. The predicted octanol–water partition coefficient (Wildman–Crippen LogP) is 5.63. The Labute approximate surface area is 231 Å². The molecule has 0 radical (unpaired) electrons. The van der Waals surface area contributed by atoms with Crippen LogP contribution in [-0.2, 0) is 4.74 Å². The molecule has 0 aliphatic carbocycles. The van der Waals surface area contributed by atoms with Crippen molar-refractivity contribution in [3.05, 3.63) is 125 Å². The second kappa shape index (κ2) is 11.4. The molecule has 1 aliphatic heterocycles. The van der Waals surface area contributed by atoms with Gasteiger partial charge in [0.25, 0.3) is 11.8 Å². The molecule has 0 saturated heterocycles. The lowest BCUT2D eigenvalue weighted by molar-refractivity contribution is 0.0526. The molecule has 0 saturated carbocycles. The summed E-state index contributed by atoms with van der Waals surface area (Å²) in [5.74, 6) is -1.17. The minimum Gasteiger partial charge on any atom is -0.462 e. The number of ether oxygens (including phenoxy) is 1. The topological polar surface area (TPSA) is 87.7 Å². The van der Waals surface area contributed by atoms with Crippen molar-refractivity contribution < 1.29 is 19.1 Å². The van der Waals surface area contributed by atoms with Crippen molar-refractivity contribution in [1.82, 2.24) is 10.9 Å². The minimum atomic E-state index is -0.419. The zero-order chi connectivity index (χ0) is 27.4. The van der Waals surface area contributed by atoms with Gasteiger partial charge < -0.3 is 9.64 Å². The number of anilines is 1. The molecule has 0 bridgehead atoms. The van der Waals surface area contributed by atoms with Gasteiger partial charge in [0.15, 0.2) is 0 Å². The van der Waals surface area contributed by atoms with Crippen molar-refractivity contribution in [2.24, 2.45) is 0 Å². The zero-order valence-electron chi connectivity index (χ0n) is 21.5. The SMILES string of the molecule is CCOC(=O)c1ccc(C2c3ccccc3Sc3ccc(C(=O)NNC(=O)c4ccccc4)cc3N2C)cc1. The lowest BCUT2D eigenvalue weighted by Gasteiger charge is -2.31. The van der Waals surface area contributed by atoms with Gasteiger partial charge in [-0.25, -0.2) is 4.79 Å². The second-order valence-corrected chi connectivity index (χ2v) is 10.0. The van der Waals surface area contributed by atoms with E-state index in [0.717, 1.165) is 26.6 Å². The third kappa shape index (κ3) is 5.51. The predicted molar refractivity (Wildman–Crippen MR) is 151 cm³/mol. The number of carbonyl (C=O) groups is 3. The summed E-state index contributed by atoms with van der Waals surface area (Å²) in [5, 5.41) is 0. The van der Waals surface area contributed by atoms with E-state index in [2.05, 4.69) is 27.9 Å². The molecular weight excluding hydrogens is 510 g/mol. The fourth-order valence-electron chi connectivity index (χ4n) is 4.55.